The Kier molecular flexibility index (Phi) is 4.99. The van der Waals surface area contributed by atoms with Crippen molar-refractivity contribution in [1.82, 2.24) is 0 Å². The summed E-state index contributed by atoms with van der Waals surface area (Å²) in [5.41, 5.74) is 4.42. The Bertz CT molecular complexity index is 648. The van der Waals surface area contributed by atoms with E-state index >= 15 is 0 Å². The molecule has 0 saturated heterocycles. The molecule has 2 rings (SSSR count). The van der Waals surface area contributed by atoms with Crippen LogP contribution in [0.5, 0.6) is 11.5 Å². The van der Waals surface area contributed by atoms with Gasteiger partial charge in [0.15, 0.2) is 11.5 Å². The molecule has 0 aliphatic rings. The summed E-state index contributed by atoms with van der Waals surface area (Å²) in [5, 5.41) is 0. The molecule has 2 aromatic rings. The summed E-state index contributed by atoms with van der Waals surface area (Å²) >= 11 is 0. The Morgan fingerprint density at radius 3 is 2.62 bits per heavy atom. The Balaban J connectivity index is 2.28. The topological polar surface area (TPSA) is 30.8 Å². The summed E-state index contributed by atoms with van der Waals surface area (Å²) in [6.07, 6.45) is 1.85. The van der Waals surface area contributed by atoms with E-state index in [1.165, 1.54) is 11.1 Å². The van der Waals surface area contributed by atoms with Crippen LogP contribution in [0.1, 0.15) is 23.6 Å². The zero-order valence-electron chi connectivity index (χ0n) is 13.0. The molecule has 0 radical (unpaired) electrons. The van der Waals surface area contributed by atoms with Gasteiger partial charge in [-0.2, -0.15) is 0 Å². The van der Waals surface area contributed by atoms with E-state index in [2.05, 4.69) is 24.9 Å². The number of ether oxygens (including phenoxy) is 2. The summed E-state index contributed by atoms with van der Waals surface area (Å²) in [5.74, 6) is 1.48. The lowest BCUT2D eigenvalue weighted by Crippen LogP contribution is -1.96. The van der Waals surface area contributed by atoms with Crippen LogP contribution in [0.25, 0.3) is 0 Å². The number of benzene rings is 2. The Hall–Kier alpha value is -2.29. The number of aliphatic imine (C=N–C) groups is 1. The molecule has 0 aromatic heterocycles. The second-order valence-electron chi connectivity index (χ2n) is 4.82. The van der Waals surface area contributed by atoms with E-state index in [0.717, 1.165) is 22.7 Å². The molecule has 0 saturated carbocycles. The molecule has 0 heterocycles. The van der Waals surface area contributed by atoms with E-state index in [0.29, 0.717) is 6.61 Å². The third-order valence-corrected chi connectivity index (χ3v) is 3.42. The summed E-state index contributed by atoms with van der Waals surface area (Å²) in [4.78, 5) is 4.57. The number of aryl methyl sites for hydroxylation is 1. The molecule has 0 amide bonds. The smallest absolute Gasteiger partial charge is 0.161 e. The van der Waals surface area contributed by atoms with Crippen molar-refractivity contribution in [2.75, 3.05) is 13.7 Å². The zero-order chi connectivity index (χ0) is 15.2. The molecular formula is C18H21NO2. The maximum absolute atomic E-state index is 5.58. The molecule has 0 spiro atoms. The van der Waals surface area contributed by atoms with Gasteiger partial charge < -0.3 is 9.47 Å². The fourth-order valence-corrected chi connectivity index (χ4v) is 2.06. The van der Waals surface area contributed by atoms with E-state index in [9.17, 15) is 0 Å². The van der Waals surface area contributed by atoms with Gasteiger partial charge in [0.1, 0.15) is 0 Å². The number of methoxy groups -OCH3 is 1. The highest BCUT2D eigenvalue weighted by Crippen LogP contribution is 2.28. The normalized spacial score (nSPS) is 10.9. The molecule has 0 bridgehead atoms. The summed E-state index contributed by atoms with van der Waals surface area (Å²) in [6, 6.07) is 11.9. The average molecular weight is 283 g/mol. The standard InChI is InChI=1S/C18H21NO2/c1-5-21-18-11-15(9-10-17(18)20-4)12-19-16-8-6-7-13(2)14(16)3/h6-12H,5H2,1-4H3. The van der Waals surface area contributed by atoms with E-state index in [-0.39, 0.29) is 0 Å². The van der Waals surface area contributed by atoms with Gasteiger partial charge in [-0.05, 0) is 61.7 Å². The van der Waals surface area contributed by atoms with Crippen LogP contribution < -0.4 is 9.47 Å². The lowest BCUT2D eigenvalue weighted by atomic mass is 10.1. The minimum Gasteiger partial charge on any atom is -0.493 e. The van der Waals surface area contributed by atoms with E-state index in [4.69, 9.17) is 9.47 Å². The van der Waals surface area contributed by atoms with Crippen molar-refractivity contribution in [2.24, 2.45) is 4.99 Å². The Labute approximate surface area is 126 Å². The van der Waals surface area contributed by atoms with Crippen LogP contribution in [0, 0.1) is 13.8 Å². The quantitative estimate of drug-likeness (QED) is 0.758. The molecule has 2 aromatic carbocycles. The maximum Gasteiger partial charge on any atom is 0.161 e. The Morgan fingerprint density at radius 1 is 1.10 bits per heavy atom. The van der Waals surface area contributed by atoms with Gasteiger partial charge in [0.2, 0.25) is 0 Å². The summed E-state index contributed by atoms with van der Waals surface area (Å²) in [6.45, 7) is 6.74. The lowest BCUT2D eigenvalue weighted by Gasteiger charge is -2.09. The van der Waals surface area contributed by atoms with Gasteiger partial charge in [-0.15, -0.1) is 0 Å². The SMILES string of the molecule is CCOc1cc(C=Nc2cccc(C)c2C)ccc1OC. The van der Waals surface area contributed by atoms with Gasteiger partial charge in [-0.1, -0.05) is 12.1 Å². The van der Waals surface area contributed by atoms with Crippen molar-refractivity contribution in [3.05, 3.63) is 53.1 Å². The highest BCUT2D eigenvalue weighted by atomic mass is 16.5. The predicted octanol–water partition coefficient (Wildman–Crippen LogP) is 4.46. The van der Waals surface area contributed by atoms with Crippen LogP contribution >= 0.6 is 0 Å². The number of nitrogens with zero attached hydrogens (tertiary/aromatic N) is 1. The van der Waals surface area contributed by atoms with Crippen molar-refractivity contribution < 1.29 is 9.47 Å². The molecule has 0 N–H and O–H groups in total. The first kappa shape index (κ1) is 15.1. The van der Waals surface area contributed by atoms with Crippen LogP contribution in [0.4, 0.5) is 5.69 Å². The van der Waals surface area contributed by atoms with Crippen LogP contribution in [-0.4, -0.2) is 19.9 Å². The van der Waals surface area contributed by atoms with E-state index < -0.39 is 0 Å². The molecule has 0 fully saturated rings. The largest absolute Gasteiger partial charge is 0.493 e. The van der Waals surface area contributed by atoms with Crippen molar-refractivity contribution in [3.8, 4) is 11.5 Å². The lowest BCUT2D eigenvalue weighted by molar-refractivity contribution is 0.311. The van der Waals surface area contributed by atoms with E-state index in [1.807, 2.05) is 43.5 Å². The molecule has 0 aliphatic carbocycles. The van der Waals surface area contributed by atoms with Gasteiger partial charge in [0.25, 0.3) is 0 Å². The van der Waals surface area contributed by atoms with Gasteiger partial charge in [0.05, 0.1) is 19.4 Å². The molecule has 0 atom stereocenters. The van der Waals surface area contributed by atoms with Crippen molar-refractivity contribution in [1.29, 1.82) is 0 Å². The molecule has 21 heavy (non-hydrogen) atoms. The molecule has 0 unspecified atom stereocenters. The molecule has 3 heteroatoms. The van der Waals surface area contributed by atoms with Crippen LogP contribution in [-0.2, 0) is 0 Å². The molecule has 0 aliphatic heterocycles. The first-order chi connectivity index (χ1) is 10.2. The number of rotatable bonds is 5. The first-order valence-electron chi connectivity index (χ1n) is 7.06. The van der Waals surface area contributed by atoms with Gasteiger partial charge >= 0.3 is 0 Å². The van der Waals surface area contributed by atoms with E-state index in [1.54, 1.807) is 7.11 Å². The second kappa shape index (κ2) is 6.93. The fraction of sp³-hybridized carbons (Fsp3) is 0.278. The average Bonchev–Trinajstić information content (AvgIpc) is 2.49. The highest BCUT2D eigenvalue weighted by Gasteiger charge is 2.04. The fourth-order valence-electron chi connectivity index (χ4n) is 2.06. The van der Waals surface area contributed by atoms with Crippen molar-refractivity contribution in [3.63, 3.8) is 0 Å². The molecule has 3 nitrogen and oxygen atoms in total. The molecular weight excluding hydrogens is 262 g/mol. The van der Waals surface area contributed by atoms with Gasteiger partial charge in [0, 0.05) is 6.21 Å². The minimum absolute atomic E-state index is 0.605. The Morgan fingerprint density at radius 2 is 1.90 bits per heavy atom. The maximum atomic E-state index is 5.58. The zero-order valence-corrected chi connectivity index (χ0v) is 13.0. The third-order valence-electron chi connectivity index (χ3n) is 3.42. The van der Waals surface area contributed by atoms with Crippen LogP contribution in [0.15, 0.2) is 41.4 Å². The molecule has 110 valence electrons. The van der Waals surface area contributed by atoms with Crippen molar-refractivity contribution >= 4 is 11.9 Å². The predicted molar refractivity (Wildman–Crippen MR) is 87.3 cm³/mol. The van der Waals surface area contributed by atoms with Crippen LogP contribution in [0.2, 0.25) is 0 Å². The number of hydrogen-bond donors (Lipinski definition) is 0. The third kappa shape index (κ3) is 3.63. The highest BCUT2D eigenvalue weighted by molar-refractivity contribution is 5.83. The summed E-state index contributed by atoms with van der Waals surface area (Å²) in [7, 11) is 1.64. The summed E-state index contributed by atoms with van der Waals surface area (Å²) < 4.78 is 10.9. The second-order valence-corrected chi connectivity index (χ2v) is 4.82. The number of hydrogen-bond acceptors (Lipinski definition) is 3. The first-order valence-corrected chi connectivity index (χ1v) is 7.06. The van der Waals surface area contributed by atoms with Crippen molar-refractivity contribution in [2.45, 2.75) is 20.8 Å². The minimum atomic E-state index is 0.605. The van der Waals surface area contributed by atoms with Gasteiger partial charge in [-0.3, -0.25) is 4.99 Å². The monoisotopic (exact) mass is 283 g/mol. The van der Waals surface area contributed by atoms with Gasteiger partial charge in [-0.25, -0.2) is 0 Å². The van der Waals surface area contributed by atoms with Crippen LogP contribution in [0.3, 0.4) is 0 Å².